The minimum absolute atomic E-state index is 0.184. The number of carbonyl (C=O) groups is 2. The van der Waals surface area contributed by atoms with Gasteiger partial charge in [-0.15, -0.1) is 0 Å². The van der Waals surface area contributed by atoms with E-state index in [0.717, 1.165) is 17.0 Å². The quantitative estimate of drug-likeness (QED) is 0.634. The molecule has 2 rings (SSSR count). The molecule has 0 aromatic heterocycles. The summed E-state index contributed by atoms with van der Waals surface area (Å²) in [4.78, 5) is 24.1. The molecule has 0 fully saturated rings. The van der Waals surface area contributed by atoms with Crippen molar-refractivity contribution >= 4 is 33.3 Å². The summed E-state index contributed by atoms with van der Waals surface area (Å²) >= 11 is 3.17. The fourth-order valence-corrected chi connectivity index (χ4v) is 2.03. The molecule has 1 aromatic carbocycles. The van der Waals surface area contributed by atoms with E-state index in [2.05, 4.69) is 15.9 Å². The van der Waals surface area contributed by atoms with Gasteiger partial charge in [0.05, 0.1) is 11.3 Å². The number of fused-ring (bicyclic) bond motifs is 1. The van der Waals surface area contributed by atoms with Crippen LogP contribution in [0.5, 0.6) is 0 Å². The van der Waals surface area contributed by atoms with E-state index in [1.807, 2.05) is 0 Å². The predicted molar refractivity (Wildman–Crippen MR) is 61.5 cm³/mol. The number of Topliss-reactive ketones (excluding diaryl/α,β-unsaturated/α-hetero) is 1. The van der Waals surface area contributed by atoms with Crippen LogP contribution in [0.4, 0.5) is 14.5 Å². The van der Waals surface area contributed by atoms with Crippen LogP contribution in [-0.2, 0) is 4.79 Å². The van der Waals surface area contributed by atoms with Crippen LogP contribution in [0.1, 0.15) is 16.8 Å². The normalized spacial score (nSPS) is 14.4. The molecule has 17 heavy (non-hydrogen) atoms. The van der Waals surface area contributed by atoms with Gasteiger partial charge in [-0.05, 0) is 18.6 Å². The SMILES string of the molecule is O=C1C(=O)N(CCCBr)c2c(F)ccc(F)c21. The molecule has 0 atom stereocenters. The maximum Gasteiger partial charge on any atom is 0.299 e. The lowest BCUT2D eigenvalue weighted by atomic mass is 10.1. The molecule has 0 saturated carbocycles. The Balaban J connectivity index is 2.52. The van der Waals surface area contributed by atoms with Gasteiger partial charge in [0.25, 0.3) is 11.7 Å². The number of hydrogen-bond acceptors (Lipinski definition) is 2. The lowest BCUT2D eigenvalue weighted by molar-refractivity contribution is -0.114. The van der Waals surface area contributed by atoms with Crippen molar-refractivity contribution in [3.05, 3.63) is 29.3 Å². The van der Waals surface area contributed by atoms with E-state index in [4.69, 9.17) is 0 Å². The molecule has 1 aliphatic heterocycles. The van der Waals surface area contributed by atoms with E-state index in [1.54, 1.807) is 0 Å². The molecule has 0 saturated heterocycles. The van der Waals surface area contributed by atoms with Gasteiger partial charge in [0.15, 0.2) is 0 Å². The van der Waals surface area contributed by atoms with Gasteiger partial charge in [0, 0.05) is 11.9 Å². The molecule has 0 radical (unpaired) electrons. The standard InChI is InChI=1S/C11H8BrF2NO2/c12-4-1-5-15-9-7(14)3-2-6(13)8(9)10(16)11(15)17/h2-3H,1,4-5H2. The molecule has 0 spiro atoms. The van der Waals surface area contributed by atoms with Crippen LogP contribution in [0.3, 0.4) is 0 Å². The minimum atomic E-state index is -0.980. The van der Waals surface area contributed by atoms with Crippen LogP contribution >= 0.6 is 15.9 Å². The molecule has 1 aromatic rings. The number of amides is 1. The fraction of sp³-hybridized carbons (Fsp3) is 0.273. The average molecular weight is 304 g/mol. The van der Waals surface area contributed by atoms with Crippen LogP contribution in [0.2, 0.25) is 0 Å². The van der Waals surface area contributed by atoms with Gasteiger partial charge >= 0.3 is 0 Å². The van der Waals surface area contributed by atoms with Crippen molar-refractivity contribution in [3.63, 3.8) is 0 Å². The smallest absolute Gasteiger partial charge is 0.299 e. The summed E-state index contributed by atoms with van der Waals surface area (Å²) in [6, 6.07) is 1.77. The third-order valence-electron chi connectivity index (χ3n) is 2.53. The third-order valence-corrected chi connectivity index (χ3v) is 3.09. The summed E-state index contributed by atoms with van der Waals surface area (Å²) in [5, 5.41) is 0.608. The first-order chi connectivity index (χ1) is 8.07. The Hall–Kier alpha value is -1.30. The Kier molecular flexibility index (Phi) is 3.24. The highest BCUT2D eigenvalue weighted by molar-refractivity contribution is 9.09. The molecule has 1 aliphatic rings. The lowest BCUT2D eigenvalue weighted by Crippen LogP contribution is -2.31. The van der Waals surface area contributed by atoms with Gasteiger partial charge in [-0.3, -0.25) is 9.59 Å². The molecule has 3 nitrogen and oxygen atoms in total. The number of halogens is 3. The van der Waals surface area contributed by atoms with Gasteiger partial charge < -0.3 is 4.90 Å². The van der Waals surface area contributed by atoms with Crippen molar-refractivity contribution < 1.29 is 18.4 Å². The second-order valence-electron chi connectivity index (χ2n) is 3.58. The lowest BCUT2D eigenvalue weighted by Gasteiger charge is -2.16. The zero-order valence-corrected chi connectivity index (χ0v) is 10.3. The third kappa shape index (κ3) is 1.86. The number of rotatable bonds is 3. The van der Waals surface area contributed by atoms with E-state index in [1.165, 1.54) is 0 Å². The minimum Gasteiger partial charge on any atom is -0.302 e. The number of carbonyl (C=O) groups excluding carboxylic acids is 2. The van der Waals surface area contributed by atoms with Gasteiger partial charge in [-0.25, -0.2) is 8.78 Å². The van der Waals surface area contributed by atoms with Crippen LogP contribution in [0.25, 0.3) is 0 Å². The van der Waals surface area contributed by atoms with Crippen molar-refractivity contribution in [1.82, 2.24) is 0 Å². The Labute approximate surface area is 105 Å². The number of ketones is 1. The highest BCUT2D eigenvalue weighted by atomic mass is 79.9. The average Bonchev–Trinajstić information content (AvgIpc) is 2.56. The Bertz CT molecular complexity index is 504. The summed E-state index contributed by atoms with van der Waals surface area (Å²) in [7, 11) is 0. The first-order valence-corrected chi connectivity index (χ1v) is 6.10. The summed E-state index contributed by atoms with van der Waals surface area (Å²) < 4.78 is 27.0. The van der Waals surface area contributed by atoms with Gasteiger partial charge in [-0.2, -0.15) is 0 Å². The van der Waals surface area contributed by atoms with Crippen LogP contribution < -0.4 is 4.90 Å². The maximum absolute atomic E-state index is 13.6. The predicted octanol–water partition coefficient (Wildman–Crippen LogP) is 2.28. The molecule has 1 amide bonds. The molecule has 0 N–H and O–H groups in total. The number of nitrogens with zero attached hydrogens (tertiary/aromatic N) is 1. The second kappa shape index (κ2) is 4.52. The van der Waals surface area contributed by atoms with Crippen molar-refractivity contribution in [2.45, 2.75) is 6.42 Å². The van der Waals surface area contributed by atoms with Gasteiger partial charge in [0.2, 0.25) is 0 Å². The Morgan fingerprint density at radius 2 is 1.82 bits per heavy atom. The molecule has 0 aliphatic carbocycles. The fourth-order valence-electron chi connectivity index (χ4n) is 1.78. The molecular formula is C11H8BrF2NO2. The Morgan fingerprint density at radius 1 is 1.18 bits per heavy atom. The summed E-state index contributed by atoms with van der Waals surface area (Å²) in [6.07, 6.45) is 0.550. The van der Waals surface area contributed by atoms with Crippen molar-refractivity contribution in [2.24, 2.45) is 0 Å². The zero-order chi connectivity index (χ0) is 12.6. The molecule has 0 unspecified atom stereocenters. The van der Waals surface area contributed by atoms with Crippen molar-refractivity contribution in [2.75, 3.05) is 16.8 Å². The number of benzene rings is 1. The second-order valence-corrected chi connectivity index (χ2v) is 4.37. The first-order valence-electron chi connectivity index (χ1n) is 4.98. The highest BCUT2D eigenvalue weighted by Crippen LogP contribution is 2.33. The zero-order valence-electron chi connectivity index (χ0n) is 8.67. The molecule has 90 valence electrons. The topological polar surface area (TPSA) is 37.4 Å². The molecule has 6 heteroatoms. The van der Waals surface area contributed by atoms with Gasteiger partial charge in [-0.1, -0.05) is 15.9 Å². The van der Waals surface area contributed by atoms with E-state index < -0.39 is 28.9 Å². The first kappa shape index (κ1) is 12.2. The number of anilines is 1. The van der Waals surface area contributed by atoms with Crippen LogP contribution in [0, 0.1) is 11.6 Å². The summed E-state index contributed by atoms with van der Waals surface area (Å²) in [5.41, 5.74) is -0.689. The van der Waals surface area contributed by atoms with Gasteiger partial charge in [0.1, 0.15) is 11.6 Å². The van der Waals surface area contributed by atoms with Crippen LogP contribution in [0.15, 0.2) is 12.1 Å². The van der Waals surface area contributed by atoms with E-state index in [0.29, 0.717) is 11.8 Å². The van der Waals surface area contributed by atoms with E-state index in [9.17, 15) is 18.4 Å². The number of hydrogen-bond donors (Lipinski definition) is 0. The van der Waals surface area contributed by atoms with Crippen molar-refractivity contribution in [3.8, 4) is 0 Å². The largest absolute Gasteiger partial charge is 0.302 e. The molecule has 0 bridgehead atoms. The highest BCUT2D eigenvalue weighted by Gasteiger charge is 2.40. The van der Waals surface area contributed by atoms with E-state index in [-0.39, 0.29) is 12.2 Å². The number of alkyl halides is 1. The van der Waals surface area contributed by atoms with Crippen LogP contribution in [-0.4, -0.2) is 23.6 Å². The molecular weight excluding hydrogens is 296 g/mol. The van der Waals surface area contributed by atoms with Crippen molar-refractivity contribution in [1.29, 1.82) is 0 Å². The maximum atomic E-state index is 13.6. The molecule has 1 heterocycles. The monoisotopic (exact) mass is 303 g/mol. The Morgan fingerprint density at radius 3 is 2.47 bits per heavy atom. The van der Waals surface area contributed by atoms with E-state index >= 15 is 0 Å². The summed E-state index contributed by atoms with van der Waals surface area (Å²) in [6.45, 7) is 0.184. The summed E-state index contributed by atoms with van der Waals surface area (Å²) in [5.74, 6) is -3.47.